The summed E-state index contributed by atoms with van der Waals surface area (Å²) in [6, 6.07) is 7.83. The summed E-state index contributed by atoms with van der Waals surface area (Å²) in [6.45, 7) is 0. The second-order valence-electron chi connectivity index (χ2n) is 6.45. The Balaban J connectivity index is 1.95. The number of hydrogen-bond acceptors (Lipinski definition) is 5. The number of amides is 1. The molecule has 0 radical (unpaired) electrons. The maximum Gasteiger partial charge on any atom is 0.257 e. The minimum Gasteiger partial charge on any atom is -0.329 e. The van der Waals surface area contributed by atoms with E-state index in [1.165, 1.54) is 62.3 Å². The molecule has 158 valence electrons. The first-order chi connectivity index (χ1) is 14.1. The van der Waals surface area contributed by atoms with Crippen LogP contribution in [0.2, 0.25) is 5.02 Å². The number of rotatable bonds is 6. The number of benzene rings is 2. The van der Waals surface area contributed by atoms with Gasteiger partial charge in [-0.3, -0.25) is 4.79 Å². The molecule has 0 bridgehead atoms. The van der Waals surface area contributed by atoms with Gasteiger partial charge in [0.1, 0.15) is 5.82 Å². The number of aromatic nitrogens is 2. The van der Waals surface area contributed by atoms with Crippen LogP contribution in [-0.4, -0.2) is 42.3 Å². The Kier molecular flexibility index (Phi) is 6.51. The lowest BCUT2D eigenvalue weighted by atomic mass is 10.2. The Morgan fingerprint density at radius 3 is 2.60 bits per heavy atom. The van der Waals surface area contributed by atoms with E-state index < -0.39 is 21.7 Å². The van der Waals surface area contributed by atoms with Gasteiger partial charge in [0, 0.05) is 38.4 Å². The molecule has 0 saturated heterocycles. The van der Waals surface area contributed by atoms with E-state index in [1.54, 1.807) is 17.0 Å². The fourth-order valence-electron chi connectivity index (χ4n) is 2.48. The van der Waals surface area contributed by atoms with Crippen molar-refractivity contribution < 1.29 is 17.6 Å². The number of aryl methyl sites for hydroxylation is 1. The number of anilines is 1. The lowest BCUT2D eigenvalue weighted by molar-refractivity contribution is 0.102. The van der Waals surface area contributed by atoms with Crippen LogP contribution in [0, 0.1) is 5.82 Å². The molecule has 0 atom stereocenters. The quantitative estimate of drug-likeness (QED) is 0.593. The van der Waals surface area contributed by atoms with Crippen LogP contribution >= 0.6 is 23.4 Å². The summed E-state index contributed by atoms with van der Waals surface area (Å²) in [6.07, 6.45) is 3.39. The van der Waals surface area contributed by atoms with Crippen molar-refractivity contribution in [3.8, 4) is 0 Å². The summed E-state index contributed by atoms with van der Waals surface area (Å²) in [5.41, 5.74) is 0.168. The highest BCUT2D eigenvalue weighted by Crippen LogP contribution is 2.33. The average molecular weight is 469 g/mol. The molecule has 1 amide bonds. The summed E-state index contributed by atoms with van der Waals surface area (Å²) in [5, 5.41) is 3.34. The molecule has 0 aliphatic carbocycles. The summed E-state index contributed by atoms with van der Waals surface area (Å²) < 4.78 is 41.4. The molecule has 1 N–H and O–H groups in total. The lowest BCUT2D eigenvalue weighted by Crippen LogP contribution is -2.23. The Morgan fingerprint density at radius 1 is 1.23 bits per heavy atom. The van der Waals surface area contributed by atoms with E-state index >= 15 is 0 Å². The molecular formula is C19H18ClFN4O3S2. The molecule has 0 spiro atoms. The summed E-state index contributed by atoms with van der Waals surface area (Å²) in [4.78, 5) is 17.6. The lowest BCUT2D eigenvalue weighted by Gasteiger charge is -2.14. The van der Waals surface area contributed by atoms with Crippen molar-refractivity contribution in [2.75, 3.05) is 19.4 Å². The van der Waals surface area contributed by atoms with Gasteiger partial charge in [-0.15, -0.1) is 0 Å². The molecule has 0 fully saturated rings. The maximum atomic E-state index is 13.9. The fourth-order valence-corrected chi connectivity index (χ4v) is 4.48. The largest absolute Gasteiger partial charge is 0.329 e. The summed E-state index contributed by atoms with van der Waals surface area (Å²) in [5.74, 6) is -1.20. The zero-order valence-corrected chi connectivity index (χ0v) is 18.6. The molecule has 3 aromatic rings. The molecule has 11 heteroatoms. The fraction of sp³-hybridized carbons (Fsp3) is 0.158. The summed E-state index contributed by atoms with van der Waals surface area (Å²) >= 11 is 7.38. The van der Waals surface area contributed by atoms with Gasteiger partial charge in [0.05, 0.1) is 21.2 Å². The van der Waals surface area contributed by atoms with Crippen LogP contribution in [0.15, 0.2) is 63.7 Å². The third kappa shape index (κ3) is 4.67. The first-order valence-corrected chi connectivity index (χ1v) is 11.2. The van der Waals surface area contributed by atoms with Crippen molar-refractivity contribution >= 4 is 45.0 Å². The number of hydrogen-bond donors (Lipinski definition) is 1. The molecule has 7 nitrogen and oxygen atoms in total. The Bertz CT molecular complexity index is 1210. The molecule has 0 unspecified atom stereocenters. The second kappa shape index (κ2) is 8.76. The van der Waals surface area contributed by atoms with Gasteiger partial charge >= 0.3 is 0 Å². The van der Waals surface area contributed by atoms with E-state index in [1.807, 2.05) is 7.05 Å². The van der Waals surface area contributed by atoms with E-state index in [2.05, 4.69) is 10.3 Å². The number of carbonyl (C=O) groups excluding carboxylic acids is 1. The highest BCUT2D eigenvalue weighted by molar-refractivity contribution is 7.99. The van der Waals surface area contributed by atoms with E-state index in [0.29, 0.717) is 10.1 Å². The van der Waals surface area contributed by atoms with Gasteiger partial charge in [-0.25, -0.2) is 22.1 Å². The van der Waals surface area contributed by atoms with Crippen molar-refractivity contribution in [2.24, 2.45) is 7.05 Å². The standard InChI is InChI=1S/C19H18ClFN4O3S2/c1-24(2)30(27,28)13-5-6-15(20)14(11-13)18(26)23-16-10-12(21)4-7-17(16)29-19-22-8-9-25(19)3/h4-11H,1-3H3,(H,23,26). The maximum absolute atomic E-state index is 13.9. The number of imidazole rings is 1. The number of halogens is 2. The Morgan fingerprint density at radius 2 is 1.97 bits per heavy atom. The molecule has 1 heterocycles. The van der Waals surface area contributed by atoms with Crippen LogP contribution in [0.3, 0.4) is 0 Å². The van der Waals surface area contributed by atoms with Gasteiger partial charge in [-0.05, 0) is 48.2 Å². The van der Waals surface area contributed by atoms with Crippen LogP contribution in [0.4, 0.5) is 10.1 Å². The smallest absolute Gasteiger partial charge is 0.257 e. The highest BCUT2D eigenvalue weighted by Gasteiger charge is 2.21. The molecular weight excluding hydrogens is 451 g/mol. The van der Waals surface area contributed by atoms with Gasteiger partial charge in [-0.2, -0.15) is 0 Å². The SMILES string of the molecule is CN(C)S(=O)(=O)c1ccc(Cl)c(C(=O)Nc2cc(F)ccc2Sc2nccn2C)c1. The highest BCUT2D eigenvalue weighted by atomic mass is 35.5. The molecule has 0 aliphatic rings. The molecule has 1 aromatic heterocycles. The minimum absolute atomic E-state index is 0.0446. The molecule has 30 heavy (non-hydrogen) atoms. The zero-order chi connectivity index (χ0) is 22.1. The van der Waals surface area contributed by atoms with Crippen molar-refractivity contribution in [1.29, 1.82) is 0 Å². The van der Waals surface area contributed by atoms with Crippen molar-refractivity contribution in [3.05, 3.63) is 65.2 Å². The van der Waals surface area contributed by atoms with Crippen LogP contribution < -0.4 is 5.32 Å². The van der Waals surface area contributed by atoms with Gasteiger partial charge in [0.15, 0.2) is 5.16 Å². The van der Waals surface area contributed by atoms with Gasteiger partial charge in [-0.1, -0.05) is 11.6 Å². The molecule has 2 aromatic carbocycles. The predicted octanol–water partition coefficient (Wildman–Crippen LogP) is 3.87. The van der Waals surface area contributed by atoms with Crippen LogP contribution in [0.5, 0.6) is 0 Å². The number of nitrogens with zero attached hydrogens (tertiary/aromatic N) is 3. The monoisotopic (exact) mass is 468 g/mol. The van der Waals surface area contributed by atoms with Gasteiger partial charge in [0.25, 0.3) is 5.91 Å². The Hall–Kier alpha value is -2.40. The van der Waals surface area contributed by atoms with Gasteiger partial charge in [0.2, 0.25) is 10.0 Å². The van der Waals surface area contributed by atoms with Crippen molar-refractivity contribution in [1.82, 2.24) is 13.9 Å². The van der Waals surface area contributed by atoms with Crippen LogP contribution in [0.25, 0.3) is 0 Å². The first-order valence-electron chi connectivity index (χ1n) is 8.58. The summed E-state index contributed by atoms with van der Waals surface area (Å²) in [7, 11) is 0.829. The molecule has 0 aliphatic heterocycles. The van der Waals surface area contributed by atoms with Gasteiger partial charge < -0.3 is 9.88 Å². The van der Waals surface area contributed by atoms with Crippen LogP contribution in [-0.2, 0) is 17.1 Å². The zero-order valence-electron chi connectivity index (χ0n) is 16.3. The molecule has 3 rings (SSSR count). The van der Waals surface area contributed by atoms with E-state index in [4.69, 9.17) is 11.6 Å². The van der Waals surface area contributed by atoms with Crippen LogP contribution in [0.1, 0.15) is 10.4 Å². The topological polar surface area (TPSA) is 84.3 Å². The number of carbonyl (C=O) groups is 1. The first kappa shape index (κ1) is 22.3. The Labute approximate surface area is 182 Å². The third-order valence-electron chi connectivity index (χ3n) is 4.13. The number of nitrogens with one attached hydrogen (secondary N) is 1. The van der Waals surface area contributed by atoms with Crippen molar-refractivity contribution in [3.63, 3.8) is 0 Å². The minimum atomic E-state index is -3.76. The van der Waals surface area contributed by atoms with Crippen molar-refractivity contribution in [2.45, 2.75) is 14.9 Å². The number of sulfonamides is 1. The third-order valence-corrected chi connectivity index (χ3v) is 7.42. The average Bonchev–Trinajstić information content (AvgIpc) is 3.08. The van der Waals surface area contributed by atoms with E-state index in [9.17, 15) is 17.6 Å². The molecule has 0 saturated carbocycles. The van der Waals surface area contributed by atoms with E-state index in [-0.39, 0.29) is 21.2 Å². The van der Waals surface area contributed by atoms with E-state index in [0.717, 1.165) is 4.31 Å². The normalized spacial score (nSPS) is 11.7. The second-order valence-corrected chi connectivity index (χ2v) is 10.0. The predicted molar refractivity (Wildman–Crippen MR) is 114 cm³/mol.